The molecule has 2 heterocycles. The van der Waals surface area contributed by atoms with Crippen LogP contribution >= 0.6 is 35.0 Å². The first-order valence-corrected chi connectivity index (χ1v) is 10.9. The van der Waals surface area contributed by atoms with E-state index in [4.69, 9.17) is 23.2 Å². The van der Waals surface area contributed by atoms with Crippen LogP contribution in [0.5, 0.6) is 0 Å². The van der Waals surface area contributed by atoms with Crippen molar-refractivity contribution in [2.45, 2.75) is 30.6 Å². The second kappa shape index (κ2) is 9.16. The summed E-state index contributed by atoms with van der Waals surface area (Å²) >= 11 is 13.2. The number of pyridine rings is 1. The van der Waals surface area contributed by atoms with E-state index in [2.05, 4.69) is 20.4 Å². The van der Waals surface area contributed by atoms with Gasteiger partial charge in [0.15, 0.2) is 5.17 Å². The second-order valence-corrected chi connectivity index (χ2v) is 8.85. The molecule has 2 amide bonds. The van der Waals surface area contributed by atoms with Gasteiger partial charge in [0.05, 0.1) is 18.0 Å². The quantitative estimate of drug-likeness (QED) is 0.652. The third kappa shape index (κ3) is 5.38. The molecule has 30 heavy (non-hydrogen) atoms. The van der Waals surface area contributed by atoms with Crippen molar-refractivity contribution in [3.8, 4) is 0 Å². The van der Waals surface area contributed by atoms with Crippen molar-refractivity contribution >= 4 is 63.8 Å². The normalized spacial score (nSPS) is 20.3. The van der Waals surface area contributed by atoms with Crippen LogP contribution in [-0.2, 0) is 9.59 Å². The largest absolute Gasteiger partial charge is 0.326 e. The predicted octanol–water partition coefficient (Wildman–Crippen LogP) is 4.21. The number of aliphatic imine (C=N–C) groups is 1. The first-order valence-electron chi connectivity index (χ1n) is 9.27. The topological polar surface area (TPSA) is 87.0 Å². The first-order chi connectivity index (χ1) is 14.5. The van der Waals surface area contributed by atoms with E-state index in [-0.39, 0.29) is 24.3 Å². The van der Waals surface area contributed by atoms with E-state index in [1.807, 2.05) is 6.07 Å². The number of halogens is 2. The van der Waals surface area contributed by atoms with Crippen molar-refractivity contribution < 1.29 is 9.59 Å². The Hall–Kier alpha value is -2.42. The van der Waals surface area contributed by atoms with Crippen LogP contribution in [0.4, 0.5) is 5.69 Å². The van der Waals surface area contributed by atoms with Crippen molar-refractivity contribution in [1.29, 1.82) is 0 Å². The number of rotatable bonds is 6. The molecule has 1 atom stereocenters. The molecule has 10 heteroatoms. The summed E-state index contributed by atoms with van der Waals surface area (Å²) in [6.45, 7) is 0. The Morgan fingerprint density at radius 2 is 2.03 bits per heavy atom. The molecule has 0 unspecified atom stereocenters. The highest BCUT2D eigenvalue weighted by molar-refractivity contribution is 8.15. The Kier molecular flexibility index (Phi) is 6.36. The SMILES string of the molecule is O=C(C[C@H]1SC(=NC2CC2)N(/N=C\c2ccccn2)C1=O)Nc1cc(Cl)cc(Cl)c1. The second-order valence-electron chi connectivity index (χ2n) is 6.81. The number of amides is 2. The van der Waals surface area contributed by atoms with E-state index >= 15 is 0 Å². The molecule has 0 radical (unpaired) electrons. The Labute approximate surface area is 187 Å². The van der Waals surface area contributed by atoms with Gasteiger partial charge in [-0.25, -0.2) is 0 Å². The van der Waals surface area contributed by atoms with Gasteiger partial charge in [-0.1, -0.05) is 41.0 Å². The van der Waals surface area contributed by atoms with Crippen LogP contribution in [0.25, 0.3) is 0 Å². The summed E-state index contributed by atoms with van der Waals surface area (Å²) in [5.41, 5.74) is 1.10. The number of carbonyl (C=O) groups excluding carboxylic acids is 2. The molecule has 1 aliphatic carbocycles. The Morgan fingerprint density at radius 1 is 1.27 bits per heavy atom. The minimum absolute atomic E-state index is 0.0209. The van der Waals surface area contributed by atoms with E-state index in [0.717, 1.165) is 12.8 Å². The van der Waals surface area contributed by atoms with E-state index in [1.165, 1.54) is 23.0 Å². The fourth-order valence-corrected chi connectivity index (χ4v) is 4.38. The lowest BCUT2D eigenvalue weighted by Gasteiger charge is -2.10. The number of nitrogens with one attached hydrogen (secondary N) is 1. The lowest BCUT2D eigenvalue weighted by Crippen LogP contribution is -2.30. The third-order valence-corrected chi connectivity index (χ3v) is 5.84. The summed E-state index contributed by atoms with van der Waals surface area (Å²) in [5, 5.41) is 9.01. The number of hydrogen-bond donors (Lipinski definition) is 1. The van der Waals surface area contributed by atoms with Crippen LogP contribution in [0.3, 0.4) is 0 Å². The molecule has 154 valence electrons. The molecule has 1 aromatic heterocycles. The number of hydrazone groups is 1. The van der Waals surface area contributed by atoms with E-state index in [1.54, 1.807) is 36.5 Å². The molecule has 4 rings (SSSR count). The number of anilines is 1. The van der Waals surface area contributed by atoms with Gasteiger partial charge in [-0.15, -0.1) is 0 Å². The number of amidine groups is 1. The van der Waals surface area contributed by atoms with Crippen LogP contribution in [0.2, 0.25) is 10.0 Å². The maximum Gasteiger partial charge on any atom is 0.263 e. The average Bonchev–Trinajstić information content (AvgIpc) is 3.46. The van der Waals surface area contributed by atoms with Crippen molar-refractivity contribution in [3.63, 3.8) is 0 Å². The van der Waals surface area contributed by atoms with Crippen LogP contribution in [0, 0.1) is 0 Å². The van der Waals surface area contributed by atoms with E-state index in [9.17, 15) is 9.59 Å². The third-order valence-electron chi connectivity index (χ3n) is 4.26. The molecule has 0 bridgehead atoms. The summed E-state index contributed by atoms with van der Waals surface area (Å²) in [6, 6.07) is 10.4. The summed E-state index contributed by atoms with van der Waals surface area (Å²) in [7, 11) is 0. The average molecular weight is 462 g/mol. The van der Waals surface area contributed by atoms with Crippen molar-refractivity contribution in [1.82, 2.24) is 9.99 Å². The minimum Gasteiger partial charge on any atom is -0.326 e. The molecular weight excluding hydrogens is 445 g/mol. The van der Waals surface area contributed by atoms with E-state index in [0.29, 0.717) is 26.6 Å². The fourth-order valence-electron chi connectivity index (χ4n) is 2.71. The van der Waals surface area contributed by atoms with Gasteiger partial charge in [-0.05, 0) is 43.2 Å². The minimum atomic E-state index is -0.613. The Balaban J connectivity index is 1.46. The molecule has 1 N–H and O–H groups in total. The monoisotopic (exact) mass is 461 g/mol. The number of hydrogen-bond acceptors (Lipinski definition) is 6. The maximum absolute atomic E-state index is 12.9. The maximum atomic E-state index is 12.9. The number of thioether (sulfide) groups is 1. The van der Waals surface area contributed by atoms with Crippen LogP contribution in [-0.4, -0.2) is 44.5 Å². The van der Waals surface area contributed by atoms with Gasteiger partial charge >= 0.3 is 0 Å². The number of nitrogens with zero attached hydrogens (tertiary/aromatic N) is 4. The van der Waals surface area contributed by atoms with Gasteiger partial charge < -0.3 is 5.32 Å². The Bertz CT molecular complexity index is 1010. The van der Waals surface area contributed by atoms with Gasteiger partial charge in [0.25, 0.3) is 5.91 Å². The van der Waals surface area contributed by atoms with Crippen LogP contribution < -0.4 is 5.32 Å². The van der Waals surface area contributed by atoms with Gasteiger partial charge in [0, 0.05) is 28.4 Å². The number of benzene rings is 1. The highest BCUT2D eigenvalue weighted by Crippen LogP contribution is 2.34. The standard InChI is InChI=1S/C20H17Cl2N5O2S/c21-12-7-13(22)9-16(8-12)25-18(28)10-17-19(29)27(20(30-17)26-14-4-5-14)24-11-15-3-1-2-6-23-15/h1-3,6-9,11,14,17H,4-5,10H2,(H,25,28)/b24-11-,26-20?/t17-/m1/s1. The molecule has 1 aliphatic heterocycles. The molecular formula is C20H17Cl2N5O2S. The van der Waals surface area contributed by atoms with Crippen LogP contribution in [0.1, 0.15) is 25.0 Å². The smallest absolute Gasteiger partial charge is 0.263 e. The lowest BCUT2D eigenvalue weighted by atomic mass is 10.2. The zero-order chi connectivity index (χ0) is 21.1. The molecule has 1 saturated carbocycles. The highest BCUT2D eigenvalue weighted by Gasteiger charge is 2.40. The zero-order valence-corrected chi connectivity index (χ0v) is 18.0. The van der Waals surface area contributed by atoms with Gasteiger partial charge in [-0.2, -0.15) is 10.1 Å². The van der Waals surface area contributed by atoms with Crippen molar-refractivity contribution in [2.75, 3.05) is 5.32 Å². The zero-order valence-electron chi connectivity index (χ0n) is 15.7. The fraction of sp³-hybridized carbons (Fsp3) is 0.250. The summed E-state index contributed by atoms with van der Waals surface area (Å²) in [4.78, 5) is 34.1. The van der Waals surface area contributed by atoms with Gasteiger partial charge in [0.1, 0.15) is 5.25 Å². The summed E-state index contributed by atoms with van der Waals surface area (Å²) in [6.07, 6.45) is 5.13. The summed E-state index contributed by atoms with van der Waals surface area (Å²) in [5.74, 6) is -0.605. The van der Waals surface area contributed by atoms with E-state index < -0.39 is 5.25 Å². The lowest BCUT2D eigenvalue weighted by molar-refractivity contribution is -0.128. The number of carbonyl (C=O) groups is 2. The molecule has 2 aromatic rings. The molecule has 1 aromatic carbocycles. The Morgan fingerprint density at radius 3 is 2.70 bits per heavy atom. The first kappa shape index (κ1) is 20.8. The molecule has 2 aliphatic rings. The number of aromatic nitrogens is 1. The molecule has 2 fully saturated rings. The van der Waals surface area contributed by atoms with Crippen LogP contribution in [0.15, 0.2) is 52.7 Å². The molecule has 7 nitrogen and oxygen atoms in total. The molecule has 0 spiro atoms. The highest BCUT2D eigenvalue weighted by atomic mass is 35.5. The van der Waals surface area contributed by atoms with Gasteiger partial charge in [-0.3, -0.25) is 19.6 Å². The van der Waals surface area contributed by atoms with Crippen molar-refractivity contribution in [3.05, 3.63) is 58.3 Å². The molecule has 1 saturated heterocycles. The van der Waals surface area contributed by atoms with Crippen molar-refractivity contribution in [2.24, 2.45) is 10.1 Å². The predicted molar refractivity (Wildman–Crippen MR) is 120 cm³/mol. The van der Waals surface area contributed by atoms with Gasteiger partial charge in [0.2, 0.25) is 5.91 Å². The summed E-state index contributed by atoms with van der Waals surface area (Å²) < 4.78 is 0.